The van der Waals surface area contributed by atoms with E-state index in [9.17, 15) is 9.59 Å². The Hall–Kier alpha value is -3.32. The third kappa shape index (κ3) is 2.58. The third-order valence-corrected chi connectivity index (χ3v) is 4.60. The Kier molecular flexibility index (Phi) is 4.06. The molecule has 1 aromatic heterocycles. The van der Waals surface area contributed by atoms with Crippen LogP contribution in [-0.4, -0.2) is 28.5 Å². The summed E-state index contributed by atoms with van der Waals surface area (Å²) in [5.74, 6) is -0.363. The van der Waals surface area contributed by atoms with Crippen molar-refractivity contribution in [3.63, 3.8) is 0 Å². The molecule has 0 spiro atoms. The van der Waals surface area contributed by atoms with Gasteiger partial charge in [-0.25, -0.2) is 4.90 Å². The lowest BCUT2D eigenvalue weighted by molar-refractivity contribution is -0.112. The number of methoxy groups -OCH3 is 1. The number of fused-ring (bicyclic) bond motifs is 1. The van der Waals surface area contributed by atoms with Crippen molar-refractivity contribution in [2.45, 2.75) is 0 Å². The maximum Gasteiger partial charge on any atom is 0.266 e. The minimum absolute atomic E-state index is 0.386. The van der Waals surface area contributed by atoms with Gasteiger partial charge in [-0.3, -0.25) is 9.59 Å². The average Bonchev–Trinajstić information content (AvgIpc) is 3.19. The SMILES string of the molecule is COc1ccccc1N1C(=O)/C(=C\c2csnn2)c2ccccc2C1=O. The van der Waals surface area contributed by atoms with Gasteiger partial charge in [-0.1, -0.05) is 34.8 Å². The minimum Gasteiger partial charge on any atom is -0.495 e. The van der Waals surface area contributed by atoms with Crippen molar-refractivity contribution in [2.24, 2.45) is 0 Å². The highest BCUT2D eigenvalue weighted by Crippen LogP contribution is 2.37. The second kappa shape index (κ2) is 6.53. The third-order valence-electron chi connectivity index (χ3n) is 4.08. The lowest BCUT2D eigenvalue weighted by Crippen LogP contribution is -2.42. The molecular formula is C19H13N3O3S. The van der Waals surface area contributed by atoms with E-state index < -0.39 is 5.91 Å². The highest BCUT2D eigenvalue weighted by Gasteiger charge is 2.37. The van der Waals surface area contributed by atoms with Crippen LogP contribution in [0.2, 0.25) is 0 Å². The summed E-state index contributed by atoms with van der Waals surface area (Å²) in [6, 6.07) is 14.0. The smallest absolute Gasteiger partial charge is 0.266 e. The van der Waals surface area contributed by atoms with E-state index in [1.54, 1.807) is 60.0 Å². The van der Waals surface area contributed by atoms with E-state index in [4.69, 9.17) is 4.74 Å². The van der Waals surface area contributed by atoms with Gasteiger partial charge in [-0.05, 0) is 35.8 Å². The number of benzene rings is 2. The Morgan fingerprint density at radius 1 is 1.00 bits per heavy atom. The molecule has 0 saturated carbocycles. The van der Waals surface area contributed by atoms with Crippen molar-refractivity contribution in [1.29, 1.82) is 0 Å². The van der Waals surface area contributed by atoms with E-state index in [1.807, 2.05) is 0 Å². The molecule has 0 aliphatic carbocycles. The van der Waals surface area contributed by atoms with Crippen molar-refractivity contribution in [1.82, 2.24) is 9.59 Å². The van der Waals surface area contributed by atoms with Gasteiger partial charge in [0.15, 0.2) is 0 Å². The van der Waals surface area contributed by atoms with Crippen LogP contribution in [0.1, 0.15) is 21.6 Å². The molecule has 0 bridgehead atoms. The Balaban J connectivity index is 1.93. The second-order valence-corrected chi connectivity index (χ2v) is 6.16. The number of carbonyl (C=O) groups is 2. The first-order valence-corrected chi connectivity index (χ1v) is 8.64. The molecule has 2 amide bonds. The molecule has 6 nitrogen and oxygen atoms in total. The number of carbonyl (C=O) groups excluding carboxylic acids is 2. The van der Waals surface area contributed by atoms with Gasteiger partial charge in [-0.2, -0.15) is 0 Å². The predicted molar refractivity (Wildman–Crippen MR) is 99.0 cm³/mol. The molecule has 7 heteroatoms. The van der Waals surface area contributed by atoms with Crippen molar-refractivity contribution in [2.75, 3.05) is 12.0 Å². The average molecular weight is 363 g/mol. The molecule has 2 aromatic carbocycles. The lowest BCUT2D eigenvalue weighted by Gasteiger charge is -2.29. The maximum absolute atomic E-state index is 13.2. The zero-order valence-electron chi connectivity index (χ0n) is 13.7. The molecular weight excluding hydrogens is 350 g/mol. The van der Waals surface area contributed by atoms with Gasteiger partial charge in [-0.15, -0.1) is 5.10 Å². The summed E-state index contributed by atoms with van der Waals surface area (Å²) < 4.78 is 9.16. The zero-order chi connectivity index (χ0) is 18.1. The number of aromatic nitrogens is 2. The van der Waals surface area contributed by atoms with Gasteiger partial charge in [0.05, 0.1) is 24.1 Å². The van der Waals surface area contributed by atoms with Gasteiger partial charge in [0, 0.05) is 16.5 Å². The normalized spacial score (nSPS) is 15.3. The fourth-order valence-electron chi connectivity index (χ4n) is 2.91. The fraction of sp³-hybridized carbons (Fsp3) is 0.0526. The summed E-state index contributed by atoms with van der Waals surface area (Å²) in [6.07, 6.45) is 1.65. The quantitative estimate of drug-likeness (QED) is 0.527. The van der Waals surface area contributed by atoms with Crippen LogP contribution in [0.3, 0.4) is 0 Å². The van der Waals surface area contributed by atoms with Crippen LogP contribution in [0.5, 0.6) is 5.75 Å². The largest absolute Gasteiger partial charge is 0.495 e. The maximum atomic E-state index is 13.2. The first-order chi connectivity index (χ1) is 12.7. The van der Waals surface area contributed by atoms with E-state index in [-0.39, 0.29) is 5.91 Å². The van der Waals surface area contributed by atoms with Crippen molar-refractivity contribution >= 4 is 40.7 Å². The van der Waals surface area contributed by atoms with Crippen LogP contribution in [0.4, 0.5) is 5.69 Å². The van der Waals surface area contributed by atoms with E-state index in [1.165, 1.54) is 18.6 Å². The number of rotatable bonds is 3. The predicted octanol–water partition coefficient (Wildman–Crippen LogP) is 3.27. The Morgan fingerprint density at radius 2 is 1.73 bits per heavy atom. The Morgan fingerprint density at radius 3 is 2.46 bits per heavy atom. The zero-order valence-corrected chi connectivity index (χ0v) is 14.6. The number of para-hydroxylation sites is 2. The number of imide groups is 1. The molecule has 1 aliphatic heterocycles. The Bertz CT molecular complexity index is 1030. The number of amides is 2. The minimum atomic E-state index is -0.425. The topological polar surface area (TPSA) is 72.4 Å². The molecule has 0 N–H and O–H groups in total. The molecule has 2 heterocycles. The molecule has 128 valence electrons. The van der Waals surface area contributed by atoms with Crippen LogP contribution in [0.15, 0.2) is 53.9 Å². The van der Waals surface area contributed by atoms with Gasteiger partial charge in [0.25, 0.3) is 11.8 Å². The molecule has 26 heavy (non-hydrogen) atoms. The van der Waals surface area contributed by atoms with E-state index in [0.717, 1.165) is 4.90 Å². The molecule has 0 atom stereocenters. The monoisotopic (exact) mass is 363 g/mol. The first-order valence-electron chi connectivity index (χ1n) is 7.80. The van der Waals surface area contributed by atoms with Crippen molar-refractivity contribution in [3.8, 4) is 5.75 Å². The molecule has 0 radical (unpaired) electrons. The highest BCUT2D eigenvalue weighted by atomic mass is 32.1. The van der Waals surface area contributed by atoms with Gasteiger partial charge < -0.3 is 4.74 Å². The van der Waals surface area contributed by atoms with Crippen molar-refractivity contribution < 1.29 is 14.3 Å². The number of hydrogen-bond donors (Lipinski definition) is 0. The molecule has 3 aromatic rings. The Labute approximate surface area is 153 Å². The van der Waals surface area contributed by atoms with Crippen LogP contribution in [0, 0.1) is 0 Å². The second-order valence-electron chi connectivity index (χ2n) is 5.55. The summed E-state index contributed by atoms with van der Waals surface area (Å²) in [5.41, 5.74) is 2.40. The summed E-state index contributed by atoms with van der Waals surface area (Å²) in [5, 5.41) is 5.72. The summed E-state index contributed by atoms with van der Waals surface area (Å²) in [7, 11) is 1.50. The number of hydrogen-bond acceptors (Lipinski definition) is 6. The van der Waals surface area contributed by atoms with E-state index in [2.05, 4.69) is 9.59 Å². The molecule has 0 unspecified atom stereocenters. The number of anilines is 1. The summed E-state index contributed by atoms with van der Waals surface area (Å²) in [4.78, 5) is 27.4. The highest BCUT2D eigenvalue weighted by molar-refractivity contribution is 7.03. The number of ether oxygens (including phenoxy) is 1. The summed E-state index contributed by atoms with van der Waals surface area (Å²) in [6.45, 7) is 0. The fourth-order valence-corrected chi connectivity index (χ4v) is 3.32. The van der Waals surface area contributed by atoms with Crippen LogP contribution in [-0.2, 0) is 4.79 Å². The first kappa shape index (κ1) is 16.2. The van der Waals surface area contributed by atoms with E-state index in [0.29, 0.717) is 33.8 Å². The molecule has 0 saturated heterocycles. The van der Waals surface area contributed by atoms with Crippen molar-refractivity contribution in [3.05, 3.63) is 70.7 Å². The molecule has 0 fully saturated rings. The van der Waals surface area contributed by atoms with Gasteiger partial charge >= 0.3 is 0 Å². The number of nitrogens with zero attached hydrogens (tertiary/aromatic N) is 3. The van der Waals surface area contributed by atoms with Crippen LogP contribution < -0.4 is 9.64 Å². The van der Waals surface area contributed by atoms with E-state index >= 15 is 0 Å². The van der Waals surface area contributed by atoms with Gasteiger partial charge in [0.2, 0.25) is 0 Å². The van der Waals surface area contributed by atoms with Gasteiger partial charge in [0.1, 0.15) is 5.75 Å². The summed E-state index contributed by atoms with van der Waals surface area (Å²) >= 11 is 1.20. The standard InChI is InChI=1S/C19H13N3O3S/c1-25-17-9-5-4-8-16(17)22-18(23)14-7-3-2-6-13(14)15(19(22)24)10-12-11-26-21-20-12/h2-11H,1H3/b15-10-. The molecule has 4 rings (SSSR count). The van der Waals surface area contributed by atoms with Crippen LogP contribution >= 0.6 is 11.5 Å². The lowest BCUT2D eigenvalue weighted by atomic mass is 9.92. The van der Waals surface area contributed by atoms with Crippen LogP contribution in [0.25, 0.3) is 11.6 Å². The molecule has 1 aliphatic rings.